The number of carbonyl (C=O) groups is 1. The van der Waals surface area contributed by atoms with Crippen molar-refractivity contribution in [3.05, 3.63) is 76.2 Å². The van der Waals surface area contributed by atoms with E-state index in [-0.39, 0.29) is 42.5 Å². The van der Waals surface area contributed by atoms with Gasteiger partial charge >= 0.3 is 0 Å². The Bertz CT molecular complexity index is 1410. The third kappa shape index (κ3) is 8.91. The Morgan fingerprint density at radius 2 is 1.48 bits per heavy atom. The Kier molecular flexibility index (Phi) is 15.2. The molecule has 44 heavy (non-hydrogen) atoms. The maximum absolute atomic E-state index is 12.2. The minimum atomic E-state index is -0.337. The van der Waals surface area contributed by atoms with Crippen LogP contribution in [-0.4, -0.2) is 15.9 Å². The quantitative estimate of drug-likeness (QED) is 0.120. The standard InChI is InChI=1S/C25H30N.C15H28O2.Ir/c1-8-18(6)24-19(7)21-9-10-26-25(23(21)14-22(24)15(2)3)20-12-16(4)11-17(5)13-20;1-7-14(5,8-2)12(16)11-13(17)15(6,9-3)10-4;/h9-12,14-15,18H,8H2,1-7H3;11,16H,7-10H2,1-6H3;/q-1;;/b;12-11-;. The number of pyridine rings is 1. The first-order valence-electron chi connectivity index (χ1n) is 16.5. The Morgan fingerprint density at radius 1 is 0.909 bits per heavy atom. The Labute approximate surface area is 282 Å². The summed E-state index contributed by atoms with van der Waals surface area (Å²) < 4.78 is 0. The van der Waals surface area contributed by atoms with Gasteiger partial charge in [-0.3, -0.25) is 4.79 Å². The van der Waals surface area contributed by atoms with Gasteiger partial charge in [0, 0.05) is 43.2 Å². The fraction of sp³-hybridized carbons (Fsp3) is 0.550. The van der Waals surface area contributed by atoms with E-state index in [0.717, 1.165) is 48.9 Å². The molecule has 3 nitrogen and oxygen atoms in total. The molecular weight excluding hydrogens is 719 g/mol. The van der Waals surface area contributed by atoms with Gasteiger partial charge < -0.3 is 10.1 Å². The third-order valence-corrected chi connectivity index (χ3v) is 10.1. The molecule has 1 atom stereocenters. The van der Waals surface area contributed by atoms with E-state index in [0.29, 0.717) is 11.8 Å². The van der Waals surface area contributed by atoms with Crippen LogP contribution in [0.1, 0.15) is 141 Å². The van der Waals surface area contributed by atoms with Crippen molar-refractivity contribution in [2.75, 3.05) is 0 Å². The molecule has 0 aliphatic carbocycles. The number of nitrogens with zero attached hydrogens (tertiary/aromatic N) is 1. The monoisotopic (exact) mass is 777 g/mol. The zero-order valence-electron chi connectivity index (χ0n) is 29.8. The van der Waals surface area contributed by atoms with Gasteiger partial charge in [0.15, 0.2) is 5.78 Å². The van der Waals surface area contributed by atoms with Crippen LogP contribution in [0.15, 0.2) is 42.3 Å². The molecule has 2 aromatic carbocycles. The maximum atomic E-state index is 12.2. The summed E-state index contributed by atoms with van der Waals surface area (Å²) in [6, 6.07) is 12.4. The summed E-state index contributed by atoms with van der Waals surface area (Å²) >= 11 is 0. The van der Waals surface area contributed by atoms with Gasteiger partial charge in [0.2, 0.25) is 0 Å². The van der Waals surface area contributed by atoms with E-state index in [1.54, 1.807) is 0 Å². The van der Waals surface area contributed by atoms with Crippen LogP contribution in [0.3, 0.4) is 0 Å². The van der Waals surface area contributed by atoms with Crippen molar-refractivity contribution in [1.29, 1.82) is 0 Å². The van der Waals surface area contributed by atoms with E-state index in [2.05, 4.69) is 78.8 Å². The molecule has 4 heteroatoms. The smallest absolute Gasteiger partial charge is 0.164 e. The molecule has 1 unspecified atom stereocenters. The molecule has 3 rings (SSSR count). The van der Waals surface area contributed by atoms with Crippen LogP contribution in [0, 0.1) is 37.7 Å². The van der Waals surface area contributed by atoms with Crippen molar-refractivity contribution in [1.82, 2.24) is 4.98 Å². The minimum Gasteiger partial charge on any atom is -0.512 e. The van der Waals surface area contributed by atoms with Gasteiger partial charge in [0.05, 0.1) is 0 Å². The molecule has 1 N–H and O–H groups in total. The van der Waals surface area contributed by atoms with E-state index in [1.165, 1.54) is 39.1 Å². The van der Waals surface area contributed by atoms with Gasteiger partial charge in [-0.05, 0) is 90.1 Å². The SMILES string of the molecule is CCC(C)(CC)C(=O)/C=C(\O)C(C)(CC)CC.CCC(C)c1c(C(C)C)cc2c(-c3[c-]c(C)cc(C)c3)nccc2c1C.[Ir]. The number of hydrogen-bond acceptors (Lipinski definition) is 3. The molecule has 245 valence electrons. The number of aliphatic hydroxyl groups is 1. The summed E-state index contributed by atoms with van der Waals surface area (Å²) in [6.45, 7) is 27.8. The number of aromatic nitrogens is 1. The second-order valence-corrected chi connectivity index (χ2v) is 13.4. The van der Waals surface area contributed by atoms with Crippen LogP contribution in [0.25, 0.3) is 22.0 Å². The molecule has 0 bridgehead atoms. The summed E-state index contributed by atoms with van der Waals surface area (Å²) in [5.41, 5.74) is 8.36. The first-order valence-corrected chi connectivity index (χ1v) is 16.5. The molecule has 0 amide bonds. The number of fused-ring (bicyclic) bond motifs is 1. The summed E-state index contributed by atoms with van der Waals surface area (Å²) in [6.07, 6.45) is 7.87. The second kappa shape index (κ2) is 16.9. The van der Waals surface area contributed by atoms with Gasteiger partial charge in [-0.2, -0.15) is 0 Å². The molecule has 1 aromatic heterocycles. The number of aryl methyl sites for hydroxylation is 3. The van der Waals surface area contributed by atoms with Crippen molar-refractivity contribution in [2.45, 2.75) is 134 Å². The van der Waals surface area contributed by atoms with Crippen LogP contribution >= 0.6 is 0 Å². The largest absolute Gasteiger partial charge is 0.512 e. The first-order chi connectivity index (χ1) is 20.1. The predicted octanol–water partition coefficient (Wildman–Crippen LogP) is 11.9. The molecule has 0 fully saturated rings. The zero-order valence-corrected chi connectivity index (χ0v) is 32.2. The molecule has 0 saturated carbocycles. The molecule has 3 aromatic rings. The fourth-order valence-electron chi connectivity index (χ4n) is 5.80. The number of carbonyl (C=O) groups excluding carboxylic acids is 1. The predicted molar refractivity (Wildman–Crippen MR) is 186 cm³/mol. The third-order valence-electron chi connectivity index (χ3n) is 10.1. The number of rotatable bonds is 11. The number of ketones is 1. The van der Waals surface area contributed by atoms with E-state index >= 15 is 0 Å². The number of hydrogen-bond donors (Lipinski definition) is 1. The van der Waals surface area contributed by atoms with Crippen molar-refractivity contribution in [3.8, 4) is 11.3 Å². The molecule has 0 aliphatic heterocycles. The van der Waals surface area contributed by atoms with E-state index in [4.69, 9.17) is 4.98 Å². The molecule has 1 heterocycles. The molecule has 0 aliphatic rings. The normalized spacial score (nSPS) is 12.9. The molecule has 0 spiro atoms. The fourth-order valence-corrected chi connectivity index (χ4v) is 5.80. The van der Waals surface area contributed by atoms with Crippen molar-refractivity contribution in [3.63, 3.8) is 0 Å². The average molecular weight is 777 g/mol. The average Bonchev–Trinajstić information content (AvgIpc) is 2.99. The molecule has 0 saturated heterocycles. The van der Waals surface area contributed by atoms with Crippen molar-refractivity contribution in [2.24, 2.45) is 10.8 Å². The second-order valence-electron chi connectivity index (χ2n) is 13.4. The summed E-state index contributed by atoms with van der Waals surface area (Å²) in [7, 11) is 0. The van der Waals surface area contributed by atoms with Crippen LogP contribution < -0.4 is 0 Å². The van der Waals surface area contributed by atoms with Gasteiger partial charge in [0.25, 0.3) is 0 Å². The van der Waals surface area contributed by atoms with Crippen LogP contribution in [-0.2, 0) is 24.9 Å². The van der Waals surface area contributed by atoms with E-state index < -0.39 is 0 Å². The number of allylic oxidation sites excluding steroid dienone is 2. The van der Waals surface area contributed by atoms with E-state index in [9.17, 15) is 9.90 Å². The summed E-state index contributed by atoms with van der Waals surface area (Å²) in [5, 5.41) is 12.7. The topological polar surface area (TPSA) is 50.2 Å². The number of aliphatic hydroxyl groups excluding tert-OH is 1. The Balaban J connectivity index is 0.000000473. The van der Waals surface area contributed by atoms with Crippen LogP contribution in [0.5, 0.6) is 0 Å². The van der Waals surface area contributed by atoms with Gasteiger partial charge in [-0.1, -0.05) is 89.2 Å². The van der Waals surface area contributed by atoms with Gasteiger partial charge in [-0.25, -0.2) is 0 Å². The van der Waals surface area contributed by atoms with Crippen LogP contribution in [0.4, 0.5) is 0 Å². The zero-order chi connectivity index (χ0) is 32.7. The van der Waals surface area contributed by atoms with Crippen molar-refractivity contribution >= 4 is 16.6 Å². The van der Waals surface area contributed by atoms with Gasteiger partial charge in [0.1, 0.15) is 5.76 Å². The first kappa shape index (κ1) is 39.7. The van der Waals surface area contributed by atoms with Gasteiger partial charge in [-0.15, -0.1) is 34.9 Å². The number of benzene rings is 2. The summed E-state index contributed by atoms with van der Waals surface area (Å²) in [5.74, 6) is 1.35. The van der Waals surface area contributed by atoms with Crippen molar-refractivity contribution < 1.29 is 30.0 Å². The Morgan fingerprint density at radius 3 is 1.95 bits per heavy atom. The molecule has 1 radical (unpaired) electrons. The summed E-state index contributed by atoms with van der Waals surface area (Å²) in [4.78, 5) is 16.9. The maximum Gasteiger partial charge on any atom is 0.164 e. The minimum absolute atomic E-state index is 0. The van der Waals surface area contributed by atoms with E-state index in [1.807, 2.05) is 47.7 Å². The Hall–Kier alpha value is -2.29. The van der Waals surface area contributed by atoms with Crippen LogP contribution in [0.2, 0.25) is 0 Å². The molecular formula is C40H58IrNO2-.